The largest absolute Gasteiger partial charge is 0.480 e. The summed E-state index contributed by atoms with van der Waals surface area (Å²) in [6, 6.07) is 2.22. The van der Waals surface area contributed by atoms with E-state index in [4.69, 9.17) is 0 Å². The number of hydrogen-bond acceptors (Lipinski definition) is 4. The van der Waals surface area contributed by atoms with E-state index in [0.717, 1.165) is 28.5 Å². The molecule has 1 N–H and O–H groups in total. The Morgan fingerprint density at radius 2 is 2.11 bits per heavy atom. The minimum absolute atomic E-state index is 0.188. The summed E-state index contributed by atoms with van der Waals surface area (Å²) in [6.45, 7) is 0.273. The third-order valence-corrected chi connectivity index (χ3v) is 7.10. The van der Waals surface area contributed by atoms with Crippen LogP contribution in [0.2, 0.25) is 0 Å². The van der Waals surface area contributed by atoms with Gasteiger partial charge in [-0.05, 0) is 40.9 Å². The maximum atomic E-state index is 12.5. The molecule has 1 saturated heterocycles. The molecule has 1 aliphatic rings. The smallest absolute Gasteiger partial charge is 0.322 e. The molecule has 1 aromatic heterocycles. The lowest BCUT2D eigenvalue weighted by atomic mass is 10.1. The van der Waals surface area contributed by atoms with Gasteiger partial charge in [-0.25, -0.2) is 8.42 Å². The van der Waals surface area contributed by atoms with Gasteiger partial charge in [-0.3, -0.25) is 4.79 Å². The summed E-state index contributed by atoms with van der Waals surface area (Å²) < 4.78 is 27.1. The van der Waals surface area contributed by atoms with Crippen LogP contribution in [0.4, 0.5) is 0 Å². The standard InChI is InChI=1S/C11H14BrNO4S2/c12-9-5-6-10(18-9)19(16,17)13-7-3-1-2-4-8(13)11(14)15/h5-6,8H,1-4,7H2,(H,14,15). The third kappa shape index (κ3) is 3.18. The second-order valence-corrected chi connectivity index (χ2v) is 8.96. The summed E-state index contributed by atoms with van der Waals surface area (Å²) in [7, 11) is -3.72. The van der Waals surface area contributed by atoms with E-state index in [1.165, 1.54) is 6.07 Å². The Morgan fingerprint density at radius 1 is 1.37 bits per heavy atom. The van der Waals surface area contributed by atoms with E-state index in [-0.39, 0.29) is 10.8 Å². The molecule has 8 heteroatoms. The summed E-state index contributed by atoms with van der Waals surface area (Å²) in [5.41, 5.74) is 0. The first-order chi connectivity index (χ1) is 8.93. The molecule has 1 aromatic rings. The average molecular weight is 368 g/mol. The van der Waals surface area contributed by atoms with Crippen molar-refractivity contribution in [2.75, 3.05) is 6.54 Å². The Morgan fingerprint density at radius 3 is 2.68 bits per heavy atom. The van der Waals surface area contributed by atoms with Crippen molar-refractivity contribution < 1.29 is 18.3 Å². The topological polar surface area (TPSA) is 74.7 Å². The number of carboxylic acid groups (broad SMARTS) is 1. The first kappa shape index (κ1) is 15.0. The number of nitrogens with zero attached hydrogens (tertiary/aromatic N) is 1. The second-order valence-electron chi connectivity index (χ2n) is 4.38. The van der Waals surface area contributed by atoms with Crippen molar-refractivity contribution >= 4 is 43.3 Å². The number of sulfonamides is 1. The van der Waals surface area contributed by atoms with Crippen molar-refractivity contribution in [2.45, 2.75) is 35.9 Å². The molecule has 0 aliphatic carbocycles. The van der Waals surface area contributed by atoms with Gasteiger partial charge in [-0.1, -0.05) is 12.8 Å². The van der Waals surface area contributed by atoms with Gasteiger partial charge in [-0.15, -0.1) is 11.3 Å². The Balaban J connectivity index is 2.38. The predicted molar refractivity (Wildman–Crippen MR) is 75.8 cm³/mol. The fourth-order valence-electron chi connectivity index (χ4n) is 2.17. The zero-order chi connectivity index (χ0) is 14.0. The number of aliphatic carboxylic acids is 1. The monoisotopic (exact) mass is 367 g/mol. The lowest BCUT2D eigenvalue weighted by molar-refractivity contribution is -0.141. The van der Waals surface area contributed by atoms with Gasteiger partial charge in [0, 0.05) is 6.54 Å². The van der Waals surface area contributed by atoms with Crippen molar-refractivity contribution in [3.63, 3.8) is 0 Å². The van der Waals surface area contributed by atoms with Gasteiger partial charge in [0.1, 0.15) is 10.3 Å². The fraction of sp³-hybridized carbons (Fsp3) is 0.545. The van der Waals surface area contributed by atoms with E-state index < -0.39 is 22.0 Å². The summed E-state index contributed by atoms with van der Waals surface area (Å²) in [5.74, 6) is -1.07. The molecule has 1 fully saturated rings. The molecule has 1 atom stereocenters. The van der Waals surface area contributed by atoms with Crippen LogP contribution in [0.25, 0.3) is 0 Å². The highest BCUT2D eigenvalue weighted by Crippen LogP contribution is 2.31. The average Bonchev–Trinajstić information content (AvgIpc) is 2.64. The van der Waals surface area contributed by atoms with Crippen LogP contribution in [-0.2, 0) is 14.8 Å². The lowest BCUT2D eigenvalue weighted by Crippen LogP contribution is -2.44. The zero-order valence-corrected chi connectivity index (χ0v) is 13.3. The van der Waals surface area contributed by atoms with Gasteiger partial charge in [0.2, 0.25) is 0 Å². The molecule has 106 valence electrons. The maximum Gasteiger partial charge on any atom is 0.322 e. The van der Waals surface area contributed by atoms with Gasteiger partial charge < -0.3 is 5.11 Å². The zero-order valence-electron chi connectivity index (χ0n) is 10.1. The van der Waals surface area contributed by atoms with Gasteiger partial charge in [0.25, 0.3) is 10.0 Å². The summed E-state index contributed by atoms with van der Waals surface area (Å²) in [6.07, 6.45) is 2.69. The molecule has 1 aliphatic heterocycles. The molecule has 2 heterocycles. The van der Waals surface area contributed by atoms with E-state index >= 15 is 0 Å². The summed E-state index contributed by atoms with van der Waals surface area (Å²) in [4.78, 5) is 11.3. The highest BCUT2D eigenvalue weighted by molar-refractivity contribution is 9.11. The van der Waals surface area contributed by atoms with E-state index in [0.29, 0.717) is 16.6 Å². The quantitative estimate of drug-likeness (QED) is 0.890. The van der Waals surface area contributed by atoms with Crippen molar-refractivity contribution in [1.29, 1.82) is 0 Å². The molecule has 1 unspecified atom stereocenters. The van der Waals surface area contributed by atoms with Crippen LogP contribution in [-0.4, -0.2) is 36.4 Å². The number of rotatable bonds is 3. The molecule has 0 spiro atoms. The Kier molecular flexibility index (Phi) is 4.65. The van der Waals surface area contributed by atoms with Crippen molar-refractivity contribution in [2.24, 2.45) is 0 Å². The molecule has 5 nitrogen and oxygen atoms in total. The molecule has 0 amide bonds. The minimum atomic E-state index is -3.72. The van der Waals surface area contributed by atoms with Crippen molar-refractivity contribution in [1.82, 2.24) is 4.31 Å². The van der Waals surface area contributed by atoms with Crippen LogP contribution >= 0.6 is 27.3 Å². The van der Waals surface area contributed by atoms with Crippen LogP contribution in [0.1, 0.15) is 25.7 Å². The maximum absolute atomic E-state index is 12.5. The third-order valence-electron chi connectivity index (χ3n) is 3.10. The number of halogens is 1. The van der Waals surface area contributed by atoms with Gasteiger partial charge in [0.15, 0.2) is 0 Å². The molecular formula is C11H14BrNO4S2. The van der Waals surface area contributed by atoms with Gasteiger partial charge >= 0.3 is 5.97 Å². The molecule has 0 saturated carbocycles. The molecule has 0 aromatic carbocycles. The highest BCUT2D eigenvalue weighted by Gasteiger charge is 2.37. The Hall–Kier alpha value is -0.440. The summed E-state index contributed by atoms with van der Waals surface area (Å²) in [5, 5.41) is 9.24. The minimum Gasteiger partial charge on any atom is -0.480 e. The number of thiophene rings is 1. The van der Waals surface area contributed by atoms with Gasteiger partial charge in [-0.2, -0.15) is 4.31 Å². The molecule has 2 rings (SSSR count). The van der Waals surface area contributed by atoms with Crippen molar-refractivity contribution in [3.05, 3.63) is 15.9 Å². The lowest BCUT2D eigenvalue weighted by Gasteiger charge is -2.25. The van der Waals surface area contributed by atoms with E-state index in [1.54, 1.807) is 6.07 Å². The van der Waals surface area contributed by atoms with Crippen LogP contribution in [0.15, 0.2) is 20.1 Å². The summed E-state index contributed by atoms with van der Waals surface area (Å²) >= 11 is 4.33. The first-order valence-electron chi connectivity index (χ1n) is 5.93. The van der Waals surface area contributed by atoms with Crippen molar-refractivity contribution in [3.8, 4) is 0 Å². The Labute approximate surface area is 124 Å². The van der Waals surface area contributed by atoms with Crippen LogP contribution in [0, 0.1) is 0 Å². The fourth-order valence-corrected chi connectivity index (χ4v) is 5.96. The molecular weight excluding hydrogens is 354 g/mol. The van der Waals surface area contributed by atoms with E-state index in [9.17, 15) is 18.3 Å². The number of carbonyl (C=O) groups is 1. The van der Waals surface area contributed by atoms with Gasteiger partial charge in [0.05, 0.1) is 3.79 Å². The Bertz CT molecular complexity index is 569. The number of carboxylic acids is 1. The van der Waals surface area contributed by atoms with Crippen LogP contribution in [0.3, 0.4) is 0 Å². The van der Waals surface area contributed by atoms with E-state index in [1.807, 2.05) is 0 Å². The second kappa shape index (κ2) is 5.90. The van der Waals surface area contributed by atoms with Crippen LogP contribution in [0.5, 0.6) is 0 Å². The first-order valence-corrected chi connectivity index (χ1v) is 8.98. The van der Waals surface area contributed by atoms with Crippen LogP contribution < -0.4 is 0 Å². The predicted octanol–water partition coefficient (Wildman–Crippen LogP) is 2.53. The SMILES string of the molecule is O=C(O)C1CCCCCN1S(=O)(=O)c1ccc(Br)s1. The highest BCUT2D eigenvalue weighted by atomic mass is 79.9. The molecule has 0 radical (unpaired) electrons. The molecule has 0 bridgehead atoms. The van der Waals surface area contributed by atoms with E-state index in [2.05, 4.69) is 15.9 Å². The molecule has 19 heavy (non-hydrogen) atoms. The number of hydrogen-bond donors (Lipinski definition) is 1. The normalized spacial score (nSPS) is 22.1.